The Bertz CT molecular complexity index is 379. The minimum absolute atomic E-state index is 0.286. The first-order valence-corrected chi connectivity index (χ1v) is 5.90. The second-order valence-corrected chi connectivity index (χ2v) is 5.58. The Morgan fingerprint density at radius 2 is 2.06 bits per heavy atom. The van der Waals surface area contributed by atoms with Crippen LogP contribution in [-0.2, 0) is 6.54 Å². The third-order valence-electron chi connectivity index (χ3n) is 3.46. The fourth-order valence-corrected chi connectivity index (χ4v) is 2.51. The van der Waals surface area contributed by atoms with E-state index in [1.807, 2.05) is 6.07 Å². The number of fused-ring (bicyclic) bond motifs is 1. The van der Waals surface area contributed by atoms with Gasteiger partial charge in [0.25, 0.3) is 0 Å². The first-order chi connectivity index (χ1) is 7.54. The van der Waals surface area contributed by atoms with Crippen molar-refractivity contribution in [3.8, 4) is 5.75 Å². The van der Waals surface area contributed by atoms with Crippen LogP contribution in [0.4, 0.5) is 0 Å². The highest BCUT2D eigenvalue weighted by Gasteiger charge is 2.31. The Balaban J connectivity index is 2.47. The second-order valence-electron chi connectivity index (χ2n) is 5.58. The Labute approximate surface area is 98.0 Å². The molecule has 0 amide bonds. The molecule has 2 nitrogen and oxygen atoms in total. The lowest BCUT2D eigenvalue weighted by atomic mass is 9.73. The van der Waals surface area contributed by atoms with Gasteiger partial charge in [0.05, 0.1) is 7.11 Å². The zero-order chi connectivity index (χ0) is 11.8. The molecule has 2 heteroatoms. The van der Waals surface area contributed by atoms with E-state index >= 15 is 0 Å². The van der Waals surface area contributed by atoms with E-state index in [1.54, 1.807) is 7.11 Å². The molecule has 0 aromatic heterocycles. The molecule has 0 aliphatic carbocycles. The molecular weight excluding hydrogens is 198 g/mol. The van der Waals surface area contributed by atoms with E-state index in [0.29, 0.717) is 5.92 Å². The zero-order valence-electron chi connectivity index (χ0n) is 10.6. The smallest absolute Gasteiger partial charge is 0.123 e. The summed E-state index contributed by atoms with van der Waals surface area (Å²) in [6.45, 7) is 8.88. The van der Waals surface area contributed by atoms with Gasteiger partial charge in [0.15, 0.2) is 0 Å². The molecule has 0 bridgehead atoms. The normalized spacial score (nSPS) is 20.4. The predicted molar refractivity (Wildman–Crippen MR) is 66.9 cm³/mol. The average Bonchev–Trinajstić information content (AvgIpc) is 2.26. The summed E-state index contributed by atoms with van der Waals surface area (Å²) in [4.78, 5) is 0. The number of rotatable bonds is 1. The number of ether oxygens (including phenoxy) is 1. The van der Waals surface area contributed by atoms with Crippen molar-refractivity contribution in [1.29, 1.82) is 0 Å². The number of hydrogen-bond acceptors (Lipinski definition) is 2. The fourth-order valence-electron chi connectivity index (χ4n) is 2.51. The molecule has 0 saturated carbocycles. The van der Waals surface area contributed by atoms with Gasteiger partial charge in [0, 0.05) is 24.6 Å². The summed E-state index contributed by atoms with van der Waals surface area (Å²) in [6, 6.07) is 6.39. The lowest BCUT2D eigenvalue weighted by Crippen LogP contribution is -2.35. The monoisotopic (exact) mass is 219 g/mol. The number of methoxy groups -OCH3 is 1. The molecule has 16 heavy (non-hydrogen) atoms. The van der Waals surface area contributed by atoms with Crippen molar-refractivity contribution in [2.45, 2.75) is 33.2 Å². The molecule has 2 rings (SSSR count). The summed E-state index contributed by atoms with van der Waals surface area (Å²) in [7, 11) is 1.75. The summed E-state index contributed by atoms with van der Waals surface area (Å²) in [6.07, 6.45) is 0. The highest BCUT2D eigenvalue weighted by Crippen LogP contribution is 2.40. The third kappa shape index (κ3) is 1.94. The van der Waals surface area contributed by atoms with Crippen molar-refractivity contribution < 1.29 is 4.74 Å². The lowest BCUT2D eigenvalue weighted by Gasteiger charge is -2.36. The topological polar surface area (TPSA) is 21.3 Å². The van der Waals surface area contributed by atoms with Crippen LogP contribution in [0.25, 0.3) is 0 Å². The van der Waals surface area contributed by atoms with Gasteiger partial charge in [-0.05, 0) is 17.0 Å². The van der Waals surface area contributed by atoms with E-state index in [-0.39, 0.29) is 5.41 Å². The highest BCUT2D eigenvalue weighted by atomic mass is 16.5. The van der Waals surface area contributed by atoms with E-state index in [4.69, 9.17) is 4.74 Å². The van der Waals surface area contributed by atoms with Crippen LogP contribution < -0.4 is 10.1 Å². The van der Waals surface area contributed by atoms with E-state index in [0.717, 1.165) is 18.8 Å². The number of hydrogen-bond donors (Lipinski definition) is 1. The van der Waals surface area contributed by atoms with Crippen LogP contribution in [0.15, 0.2) is 18.2 Å². The molecule has 1 aromatic rings. The van der Waals surface area contributed by atoms with E-state index < -0.39 is 0 Å². The van der Waals surface area contributed by atoms with Gasteiger partial charge in [-0.25, -0.2) is 0 Å². The predicted octanol–water partition coefficient (Wildman–Crippen LogP) is 2.93. The minimum Gasteiger partial charge on any atom is -0.496 e. The summed E-state index contributed by atoms with van der Waals surface area (Å²) < 4.78 is 5.43. The van der Waals surface area contributed by atoms with Gasteiger partial charge in [-0.2, -0.15) is 0 Å². The molecular formula is C14H21NO. The van der Waals surface area contributed by atoms with E-state index in [1.165, 1.54) is 11.1 Å². The molecule has 88 valence electrons. The molecule has 1 atom stereocenters. The Hall–Kier alpha value is -1.02. The Morgan fingerprint density at radius 3 is 2.69 bits per heavy atom. The summed E-state index contributed by atoms with van der Waals surface area (Å²) in [5, 5.41) is 3.49. The maximum atomic E-state index is 5.43. The largest absolute Gasteiger partial charge is 0.496 e. The van der Waals surface area contributed by atoms with Gasteiger partial charge in [-0.1, -0.05) is 32.9 Å². The van der Waals surface area contributed by atoms with Gasteiger partial charge in [-0.3, -0.25) is 0 Å². The molecule has 0 saturated heterocycles. The molecule has 1 N–H and O–H groups in total. The standard InChI is InChI=1S/C14H21NO/c1-14(2,3)12-9-15-8-11-10(12)6-5-7-13(11)16-4/h5-7,12,15H,8-9H2,1-4H3. The molecule has 1 aromatic carbocycles. The molecule has 1 aliphatic heterocycles. The quantitative estimate of drug-likeness (QED) is 0.784. The lowest BCUT2D eigenvalue weighted by molar-refractivity contribution is 0.292. The fraction of sp³-hybridized carbons (Fsp3) is 0.571. The van der Waals surface area contributed by atoms with Gasteiger partial charge in [0.1, 0.15) is 5.75 Å². The Morgan fingerprint density at radius 1 is 1.31 bits per heavy atom. The number of benzene rings is 1. The van der Waals surface area contributed by atoms with Crippen LogP contribution in [0.2, 0.25) is 0 Å². The molecule has 0 radical (unpaired) electrons. The van der Waals surface area contributed by atoms with Crippen molar-refractivity contribution in [1.82, 2.24) is 5.32 Å². The van der Waals surface area contributed by atoms with Gasteiger partial charge < -0.3 is 10.1 Å². The maximum absolute atomic E-state index is 5.43. The number of nitrogens with one attached hydrogen (secondary N) is 1. The minimum atomic E-state index is 0.286. The van der Waals surface area contributed by atoms with Crippen LogP contribution >= 0.6 is 0 Å². The molecule has 1 unspecified atom stereocenters. The van der Waals surface area contributed by atoms with Crippen molar-refractivity contribution in [3.63, 3.8) is 0 Å². The Kier molecular flexibility index (Phi) is 2.94. The van der Waals surface area contributed by atoms with Crippen molar-refractivity contribution >= 4 is 0 Å². The summed E-state index contributed by atoms with van der Waals surface area (Å²) >= 11 is 0. The van der Waals surface area contributed by atoms with Crippen LogP contribution in [0.3, 0.4) is 0 Å². The first kappa shape index (κ1) is 11.5. The van der Waals surface area contributed by atoms with E-state index in [2.05, 4.69) is 38.2 Å². The third-order valence-corrected chi connectivity index (χ3v) is 3.46. The summed E-state index contributed by atoms with van der Waals surface area (Å²) in [5.74, 6) is 1.57. The molecule has 1 aliphatic rings. The average molecular weight is 219 g/mol. The van der Waals surface area contributed by atoms with Crippen molar-refractivity contribution in [2.75, 3.05) is 13.7 Å². The molecule has 0 fully saturated rings. The zero-order valence-corrected chi connectivity index (χ0v) is 10.6. The van der Waals surface area contributed by atoms with E-state index in [9.17, 15) is 0 Å². The van der Waals surface area contributed by atoms with Crippen LogP contribution in [0.5, 0.6) is 5.75 Å². The summed E-state index contributed by atoms with van der Waals surface area (Å²) in [5.41, 5.74) is 3.07. The van der Waals surface area contributed by atoms with Crippen LogP contribution in [0, 0.1) is 5.41 Å². The van der Waals surface area contributed by atoms with Crippen LogP contribution in [-0.4, -0.2) is 13.7 Å². The maximum Gasteiger partial charge on any atom is 0.123 e. The van der Waals surface area contributed by atoms with Gasteiger partial charge in [0.2, 0.25) is 0 Å². The molecule has 1 heterocycles. The second kappa shape index (κ2) is 4.10. The van der Waals surface area contributed by atoms with Crippen LogP contribution in [0.1, 0.15) is 37.8 Å². The first-order valence-electron chi connectivity index (χ1n) is 5.90. The van der Waals surface area contributed by atoms with Gasteiger partial charge in [-0.15, -0.1) is 0 Å². The SMILES string of the molecule is COc1cccc2c1CNCC2C(C)(C)C. The van der Waals surface area contributed by atoms with Crippen molar-refractivity contribution in [3.05, 3.63) is 29.3 Å². The molecule has 0 spiro atoms. The highest BCUT2D eigenvalue weighted by molar-refractivity contribution is 5.44. The van der Waals surface area contributed by atoms with Gasteiger partial charge >= 0.3 is 0 Å². The van der Waals surface area contributed by atoms with Crippen molar-refractivity contribution in [2.24, 2.45) is 5.41 Å².